The Morgan fingerprint density at radius 2 is 1.78 bits per heavy atom. The third kappa shape index (κ3) is 6.10. The summed E-state index contributed by atoms with van der Waals surface area (Å²) in [6, 6.07) is 13.7. The van der Waals surface area contributed by atoms with Crippen LogP contribution in [-0.2, 0) is 9.59 Å². The van der Waals surface area contributed by atoms with E-state index in [2.05, 4.69) is 10.6 Å². The fraction of sp³-hybridized carbons (Fsp3) is 0.333. The first-order chi connectivity index (χ1) is 13.0. The second-order valence-electron chi connectivity index (χ2n) is 6.73. The fourth-order valence-corrected chi connectivity index (χ4v) is 3.49. The van der Waals surface area contributed by atoms with Gasteiger partial charge in [-0.05, 0) is 61.7 Å². The lowest BCUT2D eigenvalue weighted by Crippen LogP contribution is -2.26. The predicted molar refractivity (Wildman–Crippen MR) is 106 cm³/mol. The van der Waals surface area contributed by atoms with Crippen molar-refractivity contribution in [2.24, 2.45) is 5.92 Å². The molecule has 2 aromatic rings. The van der Waals surface area contributed by atoms with Gasteiger partial charge in [0.2, 0.25) is 11.8 Å². The number of amides is 2. The smallest absolute Gasteiger partial charge is 0.227 e. The molecule has 4 nitrogen and oxygen atoms in total. The second-order valence-corrected chi connectivity index (χ2v) is 7.90. The quantitative estimate of drug-likeness (QED) is 0.655. The van der Waals surface area contributed by atoms with Gasteiger partial charge in [0.1, 0.15) is 5.82 Å². The minimum atomic E-state index is -0.260. The zero-order valence-electron chi connectivity index (χ0n) is 15.2. The molecule has 1 atom stereocenters. The molecule has 0 aromatic heterocycles. The van der Waals surface area contributed by atoms with Gasteiger partial charge in [-0.25, -0.2) is 4.39 Å². The third-order valence-corrected chi connectivity index (χ3v) is 5.43. The molecule has 2 amide bonds. The van der Waals surface area contributed by atoms with E-state index >= 15 is 0 Å². The van der Waals surface area contributed by atoms with Gasteiger partial charge in [-0.2, -0.15) is 0 Å². The van der Waals surface area contributed by atoms with E-state index in [4.69, 9.17) is 0 Å². The molecule has 0 bridgehead atoms. The van der Waals surface area contributed by atoms with Gasteiger partial charge in [0.15, 0.2) is 0 Å². The van der Waals surface area contributed by atoms with Crippen molar-refractivity contribution >= 4 is 29.3 Å². The molecule has 0 aliphatic heterocycles. The van der Waals surface area contributed by atoms with Crippen LogP contribution in [0.1, 0.15) is 37.8 Å². The monoisotopic (exact) mass is 386 g/mol. The molecular formula is C21H23FN2O2S. The van der Waals surface area contributed by atoms with Crippen LogP contribution in [0.15, 0.2) is 53.4 Å². The topological polar surface area (TPSA) is 58.2 Å². The highest BCUT2D eigenvalue weighted by atomic mass is 32.2. The molecule has 1 saturated carbocycles. The van der Waals surface area contributed by atoms with E-state index in [1.54, 1.807) is 12.1 Å². The number of rotatable bonds is 8. The minimum Gasteiger partial charge on any atom is -0.350 e. The molecular weight excluding hydrogens is 363 g/mol. The molecule has 0 saturated heterocycles. The maximum absolute atomic E-state index is 12.9. The van der Waals surface area contributed by atoms with Gasteiger partial charge in [0.25, 0.3) is 0 Å². The zero-order valence-corrected chi connectivity index (χ0v) is 16.0. The van der Waals surface area contributed by atoms with Crippen LogP contribution in [0.5, 0.6) is 0 Å². The van der Waals surface area contributed by atoms with Gasteiger partial charge in [-0.15, -0.1) is 11.8 Å². The van der Waals surface area contributed by atoms with Crippen LogP contribution in [0.3, 0.4) is 0 Å². The molecule has 2 aromatic carbocycles. The van der Waals surface area contributed by atoms with Crippen molar-refractivity contribution in [3.05, 3.63) is 59.9 Å². The Bertz CT molecular complexity index is 789. The first-order valence-electron chi connectivity index (χ1n) is 9.10. The van der Waals surface area contributed by atoms with Crippen molar-refractivity contribution in [3.8, 4) is 0 Å². The van der Waals surface area contributed by atoms with Crippen molar-refractivity contribution < 1.29 is 14.0 Å². The minimum absolute atomic E-state index is 0.0248. The lowest BCUT2D eigenvalue weighted by Gasteiger charge is -2.15. The van der Waals surface area contributed by atoms with Crippen LogP contribution in [0.25, 0.3) is 0 Å². The summed E-state index contributed by atoms with van der Waals surface area (Å²) in [6.07, 6.45) is 2.35. The Morgan fingerprint density at radius 3 is 2.41 bits per heavy atom. The lowest BCUT2D eigenvalue weighted by atomic mass is 10.1. The number of carbonyl (C=O) groups is 2. The van der Waals surface area contributed by atoms with Gasteiger partial charge in [0, 0.05) is 28.7 Å². The lowest BCUT2D eigenvalue weighted by molar-refractivity contribution is -0.121. The molecule has 1 unspecified atom stereocenters. The molecule has 27 heavy (non-hydrogen) atoms. The van der Waals surface area contributed by atoms with Crippen LogP contribution >= 0.6 is 11.8 Å². The van der Waals surface area contributed by atoms with Crippen molar-refractivity contribution in [1.82, 2.24) is 5.32 Å². The molecule has 0 spiro atoms. The zero-order chi connectivity index (χ0) is 19.2. The fourth-order valence-electron chi connectivity index (χ4n) is 2.63. The van der Waals surface area contributed by atoms with Crippen molar-refractivity contribution in [2.75, 3.05) is 11.1 Å². The maximum Gasteiger partial charge on any atom is 0.227 e. The molecule has 1 aliphatic carbocycles. The van der Waals surface area contributed by atoms with Gasteiger partial charge in [-0.1, -0.05) is 12.1 Å². The Morgan fingerprint density at radius 1 is 1.11 bits per heavy atom. The number of thioether (sulfide) groups is 1. The van der Waals surface area contributed by atoms with Crippen LogP contribution in [0, 0.1) is 11.7 Å². The molecule has 2 N–H and O–H groups in total. The standard InChI is InChI=1S/C21H23FN2O2S/c1-14(15-4-8-18(9-5-15)24-21(26)16-2-3-16)23-20(25)12-13-27-19-10-6-17(22)7-11-19/h4-11,14,16H,2-3,12-13H2,1H3,(H,23,25)(H,24,26). The van der Waals surface area contributed by atoms with Gasteiger partial charge in [-0.3, -0.25) is 9.59 Å². The SMILES string of the molecule is CC(NC(=O)CCSc1ccc(F)cc1)c1ccc(NC(=O)C2CC2)cc1. The van der Waals surface area contributed by atoms with E-state index in [0.29, 0.717) is 12.2 Å². The number of nitrogens with one attached hydrogen (secondary N) is 2. The third-order valence-electron chi connectivity index (χ3n) is 4.42. The second kappa shape index (κ2) is 9.04. The van der Waals surface area contributed by atoms with E-state index < -0.39 is 0 Å². The summed E-state index contributed by atoms with van der Waals surface area (Å²) >= 11 is 1.53. The van der Waals surface area contributed by atoms with Gasteiger partial charge < -0.3 is 10.6 Å². The first-order valence-corrected chi connectivity index (χ1v) is 10.1. The summed E-state index contributed by atoms with van der Waals surface area (Å²) in [5.41, 5.74) is 1.77. The Balaban J connectivity index is 1.41. The van der Waals surface area contributed by atoms with Crippen molar-refractivity contribution in [1.29, 1.82) is 0 Å². The Hall–Kier alpha value is -2.34. The summed E-state index contributed by atoms with van der Waals surface area (Å²) in [5.74, 6) is 0.613. The average Bonchev–Trinajstić information content (AvgIpc) is 3.49. The van der Waals surface area contributed by atoms with Crippen LogP contribution in [0.4, 0.5) is 10.1 Å². The Labute approximate surface area is 162 Å². The highest BCUT2D eigenvalue weighted by Gasteiger charge is 2.29. The van der Waals surface area contributed by atoms with Crippen molar-refractivity contribution in [2.45, 2.75) is 37.1 Å². The number of benzene rings is 2. The van der Waals surface area contributed by atoms with Crippen molar-refractivity contribution in [3.63, 3.8) is 0 Å². The summed E-state index contributed by atoms with van der Waals surface area (Å²) in [6.45, 7) is 1.93. The maximum atomic E-state index is 12.9. The molecule has 142 valence electrons. The Kier molecular flexibility index (Phi) is 6.50. The number of anilines is 1. The van der Waals surface area contributed by atoms with E-state index in [9.17, 15) is 14.0 Å². The average molecular weight is 386 g/mol. The van der Waals surface area contributed by atoms with Crippen LogP contribution in [0.2, 0.25) is 0 Å². The summed E-state index contributed by atoms with van der Waals surface area (Å²) in [7, 11) is 0. The summed E-state index contributed by atoms with van der Waals surface area (Å²) in [5, 5.41) is 5.89. The molecule has 0 heterocycles. The largest absolute Gasteiger partial charge is 0.350 e. The normalized spacial score (nSPS) is 14.4. The van der Waals surface area contributed by atoms with Gasteiger partial charge in [0.05, 0.1) is 6.04 Å². The van der Waals surface area contributed by atoms with E-state index in [0.717, 1.165) is 29.0 Å². The number of carbonyl (C=O) groups excluding carboxylic acids is 2. The molecule has 3 rings (SSSR count). The highest BCUT2D eigenvalue weighted by molar-refractivity contribution is 7.99. The number of halogens is 1. The summed E-state index contributed by atoms with van der Waals surface area (Å²) < 4.78 is 12.9. The highest BCUT2D eigenvalue weighted by Crippen LogP contribution is 2.30. The van der Waals surface area contributed by atoms with Crippen LogP contribution in [-0.4, -0.2) is 17.6 Å². The first kappa shape index (κ1) is 19.4. The molecule has 1 fully saturated rings. The molecule has 0 radical (unpaired) electrons. The van der Waals surface area contributed by atoms with E-state index in [1.165, 1.54) is 23.9 Å². The van der Waals surface area contributed by atoms with Gasteiger partial charge >= 0.3 is 0 Å². The van der Waals surface area contributed by atoms with Crippen LogP contribution < -0.4 is 10.6 Å². The van der Waals surface area contributed by atoms with E-state index in [1.807, 2.05) is 31.2 Å². The number of hydrogen-bond acceptors (Lipinski definition) is 3. The summed E-state index contributed by atoms with van der Waals surface area (Å²) in [4.78, 5) is 24.8. The number of hydrogen-bond donors (Lipinski definition) is 2. The molecule has 6 heteroatoms. The van der Waals surface area contributed by atoms with E-state index in [-0.39, 0.29) is 29.6 Å². The predicted octanol–water partition coefficient (Wildman–Crippen LogP) is 4.53. The molecule has 1 aliphatic rings.